The third-order valence-electron chi connectivity index (χ3n) is 3.38. The van der Waals surface area contributed by atoms with E-state index in [9.17, 15) is 16.8 Å². The topological polar surface area (TPSA) is 97.5 Å². The molecule has 0 aliphatic heterocycles. The molecule has 6 nitrogen and oxygen atoms in total. The van der Waals surface area contributed by atoms with Gasteiger partial charge in [-0.15, -0.1) is 0 Å². The van der Waals surface area contributed by atoms with E-state index in [2.05, 4.69) is 0 Å². The molecular formula is C15H18N2O4S2. The number of rotatable bonds is 4. The summed E-state index contributed by atoms with van der Waals surface area (Å²) in [4.78, 5) is -0.0556. The number of hydrogen-bond donors (Lipinski definition) is 1. The number of nitrogens with zero attached hydrogens (tertiary/aromatic N) is 1. The van der Waals surface area contributed by atoms with Gasteiger partial charge in [0.2, 0.25) is 19.9 Å². The molecule has 0 saturated heterocycles. The number of sulfonamides is 1. The summed E-state index contributed by atoms with van der Waals surface area (Å²) in [5.74, 6) is 0. The molecule has 23 heavy (non-hydrogen) atoms. The van der Waals surface area contributed by atoms with Crippen molar-refractivity contribution in [1.29, 1.82) is 0 Å². The summed E-state index contributed by atoms with van der Waals surface area (Å²) in [5, 5.41) is 0. The first-order valence-corrected chi connectivity index (χ1v) is 9.63. The Hall–Kier alpha value is -1.90. The molecule has 8 heteroatoms. The van der Waals surface area contributed by atoms with E-state index < -0.39 is 19.9 Å². The van der Waals surface area contributed by atoms with Crippen molar-refractivity contribution in [3.63, 3.8) is 0 Å². The van der Waals surface area contributed by atoms with E-state index in [0.29, 0.717) is 0 Å². The van der Waals surface area contributed by atoms with Crippen LogP contribution in [-0.2, 0) is 19.9 Å². The maximum absolute atomic E-state index is 12.6. The Bertz CT molecular complexity index is 932. The smallest absolute Gasteiger partial charge is 0.242 e. The van der Waals surface area contributed by atoms with Crippen LogP contribution in [0.1, 0.15) is 5.56 Å². The van der Waals surface area contributed by atoms with Crippen molar-refractivity contribution in [2.24, 2.45) is 0 Å². The molecule has 2 aromatic carbocycles. The second-order valence-corrected chi connectivity index (χ2v) is 9.37. The van der Waals surface area contributed by atoms with Crippen LogP contribution in [0.3, 0.4) is 0 Å². The van der Waals surface area contributed by atoms with E-state index in [0.717, 1.165) is 15.9 Å². The molecule has 0 radical (unpaired) electrons. The van der Waals surface area contributed by atoms with Gasteiger partial charge in [0.15, 0.2) is 0 Å². The van der Waals surface area contributed by atoms with Gasteiger partial charge in [0, 0.05) is 14.1 Å². The fourth-order valence-corrected chi connectivity index (χ4v) is 4.29. The van der Waals surface area contributed by atoms with Crippen molar-refractivity contribution in [3.05, 3.63) is 48.0 Å². The van der Waals surface area contributed by atoms with E-state index in [-0.39, 0.29) is 20.4 Å². The van der Waals surface area contributed by atoms with Crippen LogP contribution in [-0.4, -0.2) is 35.2 Å². The van der Waals surface area contributed by atoms with Crippen molar-refractivity contribution in [2.75, 3.05) is 19.8 Å². The van der Waals surface area contributed by atoms with Crippen LogP contribution in [0.15, 0.2) is 57.2 Å². The molecule has 0 aromatic heterocycles. The number of nitrogen functional groups attached to an aromatic ring is 1. The average molecular weight is 354 g/mol. The largest absolute Gasteiger partial charge is 0.398 e. The van der Waals surface area contributed by atoms with Gasteiger partial charge in [-0.1, -0.05) is 17.7 Å². The number of aryl methyl sites for hydroxylation is 1. The highest BCUT2D eigenvalue weighted by atomic mass is 32.2. The van der Waals surface area contributed by atoms with E-state index in [4.69, 9.17) is 5.73 Å². The van der Waals surface area contributed by atoms with Gasteiger partial charge >= 0.3 is 0 Å². The van der Waals surface area contributed by atoms with Crippen molar-refractivity contribution >= 4 is 25.5 Å². The molecule has 0 aliphatic rings. The van der Waals surface area contributed by atoms with Gasteiger partial charge in [-0.25, -0.2) is 21.1 Å². The molecule has 2 aromatic rings. The predicted molar refractivity (Wildman–Crippen MR) is 88.4 cm³/mol. The average Bonchev–Trinajstić information content (AvgIpc) is 2.47. The minimum atomic E-state index is -3.80. The van der Waals surface area contributed by atoms with E-state index in [1.54, 1.807) is 12.1 Å². The maximum Gasteiger partial charge on any atom is 0.242 e. The van der Waals surface area contributed by atoms with Gasteiger partial charge < -0.3 is 5.73 Å². The third-order valence-corrected chi connectivity index (χ3v) is 7.04. The Morgan fingerprint density at radius 2 is 1.39 bits per heavy atom. The van der Waals surface area contributed by atoms with Crippen LogP contribution in [0.25, 0.3) is 0 Å². The summed E-state index contributed by atoms with van der Waals surface area (Å²) >= 11 is 0. The molecule has 0 amide bonds. The van der Waals surface area contributed by atoms with Crippen LogP contribution < -0.4 is 5.73 Å². The zero-order valence-electron chi connectivity index (χ0n) is 13.0. The van der Waals surface area contributed by atoms with Crippen LogP contribution in [0.5, 0.6) is 0 Å². The van der Waals surface area contributed by atoms with Crippen molar-refractivity contribution < 1.29 is 16.8 Å². The first kappa shape index (κ1) is 17.5. The molecule has 0 heterocycles. The summed E-state index contributed by atoms with van der Waals surface area (Å²) < 4.78 is 50.4. The molecule has 0 saturated carbocycles. The van der Waals surface area contributed by atoms with Gasteiger partial charge in [0.25, 0.3) is 0 Å². The molecule has 0 aliphatic carbocycles. The lowest BCUT2D eigenvalue weighted by Gasteiger charge is -2.13. The highest BCUT2D eigenvalue weighted by Gasteiger charge is 2.24. The van der Waals surface area contributed by atoms with Crippen molar-refractivity contribution in [1.82, 2.24) is 4.31 Å². The lowest BCUT2D eigenvalue weighted by atomic mass is 10.2. The lowest BCUT2D eigenvalue weighted by Crippen LogP contribution is -2.22. The monoisotopic (exact) mass is 354 g/mol. The van der Waals surface area contributed by atoms with Crippen molar-refractivity contribution in [2.45, 2.75) is 21.6 Å². The van der Waals surface area contributed by atoms with Crippen molar-refractivity contribution in [3.8, 4) is 0 Å². The molecule has 0 unspecified atom stereocenters. The van der Waals surface area contributed by atoms with Gasteiger partial charge in [-0.05, 0) is 37.3 Å². The van der Waals surface area contributed by atoms with Gasteiger partial charge in [0.05, 0.1) is 20.4 Å². The predicted octanol–water partition coefficient (Wildman–Crippen LogP) is 1.66. The number of nitrogens with two attached hydrogens (primary N) is 1. The lowest BCUT2D eigenvalue weighted by molar-refractivity contribution is 0.520. The van der Waals surface area contributed by atoms with Gasteiger partial charge in [-0.3, -0.25) is 0 Å². The number of sulfone groups is 1. The Balaban J connectivity index is 2.56. The number of hydrogen-bond acceptors (Lipinski definition) is 5. The second-order valence-electron chi connectivity index (χ2n) is 5.30. The summed E-state index contributed by atoms with van der Waals surface area (Å²) in [7, 11) is -4.69. The Kier molecular flexibility index (Phi) is 4.52. The quantitative estimate of drug-likeness (QED) is 0.842. The summed E-state index contributed by atoms with van der Waals surface area (Å²) in [5.41, 5.74) is 6.64. The van der Waals surface area contributed by atoms with Crippen LogP contribution in [0.4, 0.5) is 5.69 Å². The molecular weight excluding hydrogens is 336 g/mol. The minimum Gasteiger partial charge on any atom is -0.398 e. The molecule has 0 spiro atoms. The van der Waals surface area contributed by atoms with Gasteiger partial charge in [0.1, 0.15) is 0 Å². The molecule has 0 bridgehead atoms. The number of anilines is 1. The molecule has 2 N–H and O–H groups in total. The normalized spacial score (nSPS) is 12.5. The minimum absolute atomic E-state index is 0.0529. The SMILES string of the molecule is Cc1ccc(S(=O)(=O)c2ccc(S(=O)(=O)N(C)C)cc2N)cc1. The summed E-state index contributed by atoms with van der Waals surface area (Å²) in [6, 6.07) is 10.00. The second kappa shape index (κ2) is 5.95. The highest BCUT2D eigenvalue weighted by Crippen LogP contribution is 2.28. The first-order valence-electron chi connectivity index (χ1n) is 6.70. The van der Waals surface area contributed by atoms with E-state index in [1.165, 1.54) is 38.4 Å². The zero-order chi connectivity index (χ0) is 17.4. The first-order chi connectivity index (χ1) is 10.6. The van der Waals surface area contributed by atoms with E-state index >= 15 is 0 Å². The standard InChI is InChI=1S/C15H18N2O4S2/c1-11-4-6-12(7-5-11)22(18,19)15-9-8-13(10-14(15)16)23(20,21)17(2)3/h4-10H,16H2,1-3H3. The Labute approximate surface area is 136 Å². The molecule has 2 rings (SSSR count). The summed E-state index contributed by atoms with van der Waals surface area (Å²) in [6.45, 7) is 1.85. The Morgan fingerprint density at radius 1 is 0.870 bits per heavy atom. The van der Waals surface area contributed by atoms with E-state index in [1.807, 2.05) is 6.92 Å². The fourth-order valence-electron chi connectivity index (χ4n) is 1.99. The summed E-state index contributed by atoms with van der Waals surface area (Å²) in [6.07, 6.45) is 0. The number of benzene rings is 2. The van der Waals surface area contributed by atoms with Crippen LogP contribution in [0, 0.1) is 6.92 Å². The third kappa shape index (κ3) is 3.24. The molecule has 124 valence electrons. The molecule has 0 fully saturated rings. The zero-order valence-corrected chi connectivity index (χ0v) is 14.6. The van der Waals surface area contributed by atoms with Gasteiger partial charge in [-0.2, -0.15) is 0 Å². The van der Waals surface area contributed by atoms with Crippen LogP contribution >= 0.6 is 0 Å². The highest BCUT2D eigenvalue weighted by molar-refractivity contribution is 7.91. The maximum atomic E-state index is 12.6. The fraction of sp³-hybridized carbons (Fsp3) is 0.200. The Morgan fingerprint density at radius 3 is 1.87 bits per heavy atom. The molecule has 0 atom stereocenters. The van der Waals surface area contributed by atoms with Crippen LogP contribution in [0.2, 0.25) is 0 Å².